The molecule has 0 saturated carbocycles. The monoisotopic (exact) mass is 275 g/mol. The van der Waals surface area contributed by atoms with Crippen LogP contribution in [0.5, 0.6) is 0 Å². The number of aromatic nitrogens is 4. The highest BCUT2D eigenvalue weighted by atomic mass is 16.5. The number of amides is 1. The Morgan fingerprint density at radius 1 is 1.45 bits per heavy atom. The van der Waals surface area contributed by atoms with Gasteiger partial charge in [-0.25, -0.2) is 0 Å². The minimum absolute atomic E-state index is 0.107. The summed E-state index contributed by atoms with van der Waals surface area (Å²) in [7, 11) is 1.83. The lowest BCUT2D eigenvalue weighted by atomic mass is 10.1. The van der Waals surface area contributed by atoms with E-state index in [0.717, 1.165) is 18.4 Å². The predicted molar refractivity (Wildman–Crippen MR) is 72.1 cm³/mol. The molecule has 0 spiro atoms. The van der Waals surface area contributed by atoms with E-state index >= 15 is 0 Å². The largest absolute Gasteiger partial charge is 0.381 e. The molecule has 2 N–H and O–H groups in total. The number of carbonyl (C=O) groups excluding carboxylic acids is 1. The zero-order chi connectivity index (χ0) is 13.9. The summed E-state index contributed by atoms with van der Waals surface area (Å²) < 4.78 is 6.98. The van der Waals surface area contributed by atoms with E-state index in [4.69, 9.17) is 4.74 Å². The van der Waals surface area contributed by atoms with Crippen molar-refractivity contribution < 1.29 is 9.53 Å². The zero-order valence-electron chi connectivity index (χ0n) is 11.3. The first-order chi connectivity index (χ1) is 9.74. The summed E-state index contributed by atoms with van der Waals surface area (Å²) in [5, 5.41) is 14.0. The summed E-state index contributed by atoms with van der Waals surface area (Å²) in [6, 6.07) is 0.174. The molecule has 3 rings (SSSR count). The van der Waals surface area contributed by atoms with Crippen molar-refractivity contribution in [3.05, 3.63) is 24.2 Å². The number of ether oxygens (including phenoxy) is 1. The summed E-state index contributed by atoms with van der Waals surface area (Å²) in [4.78, 5) is 12.3. The number of H-pyrrole nitrogens is 1. The van der Waals surface area contributed by atoms with Crippen LogP contribution in [0, 0.1) is 0 Å². The minimum Gasteiger partial charge on any atom is -0.381 e. The van der Waals surface area contributed by atoms with Crippen molar-refractivity contribution in [1.82, 2.24) is 25.3 Å². The topological polar surface area (TPSA) is 84.8 Å². The van der Waals surface area contributed by atoms with Crippen molar-refractivity contribution in [1.29, 1.82) is 0 Å². The lowest BCUT2D eigenvalue weighted by Gasteiger charge is -2.22. The Morgan fingerprint density at radius 2 is 2.25 bits per heavy atom. The number of aromatic amines is 1. The highest BCUT2D eigenvalue weighted by Crippen LogP contribution is 2.20. The molecular weight excluding hydrogens is 258 g/mol. The molecule has 1 aliphatic rings. The molecule has 0 aliphatic carbocycles. The van der Waals surface area contributed by atoms with Gasteiger partial charge >= 0.3 is 0 Å². The number of nitrogens with zero attached hydrogens (tertiary/aromatic N) is 3. The van der Waals surface area contributed by atoms with E-state index in [1.807, 2.05) is 13.2 Å². The molecule has 2 aromatic heterocycles. The first-order valence-corrected chi connectivity index (χ1v) is 6.65. The Balaban J connectivity index is 1.76. The Morgan fingerprint density at radius 3 is 2.95 bits per heavy atom. The molecule has 1 saturated heterocycles. The molecule has 3 heterocycles. The molecule has 0 aromatic carbocycles. The van der Waals surface area contributed by atoms with E-state index in [2.05, 4.69) is 20.6 Å². The fraction of sp³-hybridized carbons (Fsp3) is 0.462. The summed E-state index contributed by atoms with van der Waals surface area (Å²) in [5.74, 6) is -0.107. The molecule has 7 heteroatoms. The molecule has 0 atom stereocenters. The summed E-state index contributed by atoms with van der Waals surface area (Å²) in [6.07, 6.45) is 6.81. The van der Waals surface area contributed by atoms with Gasteiger partial charge in [0.1, 0.15) is 0 Å². The van der Waals surface area contributed by atoms with Gasteiger partial charge in [-0.3, -0.25) is 14.6 Å². The van der Waals surface area contributed by atoms with Gasteiger partial charge in [0.15, 0.2) is 0 Å². The average Bonchev–Trinajstić information content (AvgIpc) is 3.08. The fourth-order valence-electron chi connectivity index (χ4n) is 2.33. The standard InChI is InChI=1S/C13H17N5O2/c1-18-8-9(6-15-18)12-11(7-14-17-12)13(19)16-10-2-4-20-5-3-10/h6-8,10H,2-5H2,1H3,(H,14,17)(H,16,19). The summed E-state index contributed by atoms with van der Waals surface area (Å²) in [5.41, 5.74) is 2.09. The molecule has 1 aliphatic heterocycles. The van der Waals surface area contributed by atoms with E-state index in [1.165, 1.54) is 0 Å². The molecule has 0 bridgehead atoms. The molecule has 1 amide bonds. The third-order valence-electron chi connectivity index (χ3n) is 3.43. The van der Waals surface area contributed by atoms with Gasteiger partial charge in [0.25, 0.3) is 5.91 Å². The normalized spacial score (nSPS) is 16.2. The maximum atomic E-state index is 12.3. The first kappa shape index (κ1) is 12.9. The molecule has 1 fully saturated rings. The quantitative estimate of drug-likeness (QED) is 0.864. The van der Waals surface area contributed by atoms with Crippen LogP contribution in [0.25, 0.3) is 11.3 Å². The van der Waals surface area contributed by atoms with E-state index in [1.54, 1.807) is 17.1 Å². The van der Waals surface area contributed by atoms with Crippen LogP contribution >= 0.6 is 0 Å². The highest BCUT2D eigenvalue weighted by Gasteiger charge is 2.21. The van der Waals surface area contributed by atoms with Crippen molar-refractivity contribution in [2.24, 2.45) is 7.05 Å². The van der Waals surface area contributed by atoms with Gasteiger partial charge in [0, 0.05) is 38.1 Å². The van der Waals surface area contributed by atoms with Gasteiger partial charge in [0.2, 0.25) is 0 Å². The van der Waals surface area contributed by atoms with Crippen LogP contribution in [0.1, 0.15) is 23.2 Å². The van der Waals surface area contributed by atoms with Crippen LogP contribution in [0.15, 0.2) is 18.6 Å². The van der Waals surface area contributed by atoms with Crippen LogP contribution in [0.4, 0.5) is 0 Å². The highest BCUT2D eigenvalue weighted by molar-refractivity contribution is 5.99. The third-order valence-corrected chi connectivity index (χ3v) is 3.43. The molecule has 20 heavy (non-hydrogen) atoms. The van der Waals surface area contributed by atoms with Gasteiger partial charge in [-0.1, -0.05) is 0 Å². The van der Waals surface area contributed by atoms with E-state index < -0.39 is 0 Å². The maximum Gasteiger partial charge on any atom is 0.255 e. The number of aryl methyl sites for hydroxylation is 1. The van der Waals surface area contributed by atoms with E-state index in [-0.39, 0.29) is 11.9 Å². The minimum atomic E-state index is -0.107. The van der Waals surface area contributed by atoms with Crippen molar-refractivity contribution in [2.45, 2.75) is 18.9 Å². The van der Waals surface area contributed by atoms with Crippen molar-refractivity contribution in [2.75, 3.05) is 13.2 Å². The van der Waals surface area contributed by atoms with Crippen molar-refractivity contribution in [3.63, 3.8) is 0 Å². The van der Waals surface area contributed by atoms with Crippen LogP contribution in [0.3, 0.4) is 0 Å². The number of carbonyl (C=O) groups is 1. The Kier molecular flexibility index (Phi) is 3.51. The molecule has 7 nitrogen and oxygen atoms in total. The van der Waals surface area contributed by atoms with Crippen LogP contribution in [-0.2, 0) is 11.8 Å². The second-order valence-electron chi connectivity index (χ2n) is 4.92. The van der Waals surface area contributed by atoms with E-state index in [0.29, 0.717) is 24.5 Å². The lowest BCUT2D eigenvalue weighted by molar-refractivity contribution is 0.0697. The SMILES string of the molecule is Cn1cc(-c2[nH]ncc2C(=O)NC2CCOCC2)cn1. The molecule has 106 valence electrons. The molecule has 0 unspecified atom stereocenters. The predicted octanol–water partition coefficient (Wildman–Crippen LogP) is 0.719. The number of hydrogen-bond donors (Lipinski definition) is 2. The maximum absolute atomic E-state index is 12.3. The summed E-state index contributed by atoms with van der Waals surface area (Å²) in [6.45, 7) is 1.40. The van der Waals surface area contributed by atoms with Crippen LogP contribution in [0.2, 0.25) is 0 Å². The zero-order valence-corrected chi connectivity index (χ0v) is 11.3. The Bertz CT molecular complexity index is 597. The van der Waals surface area contributed by atoms with Crippen LogP contribution in [-0.4, -0.2) is 45.1 Å². The van der Waals surface area contributed by atoms with Crippen LogP contribution < -0.4 is 5.32 Å². The smallest absolute Gasteiger partial charge is 0.255 e. The average molecular weight is 275 g/mol. The van der Waals surface area contributed by atoms with Gasteiger partial charge in [0.05, 0.1) is 23.7 Å². The third kappa shape index (κ3) is 2.57. The van der Waals surface area contributed by atoms with Crippen molar-refractivity contribution in [3.8, 4) is 11.3 Å². The van der Waals surface area contributed by atoms with Gasteiger partial charge in [-0.2, -0.15) is 10.2 Å². The second kappa shape index (κ2) is 5.46. The Labute approximate surface area is 116 Å². The number of hydrogen-bond acceptors (Lipinski definition) is 4. The lowest BCUT2D eigenvalue weighted by Crippen LogP contribution is -2.38. The van der Waals surface area contributed by atoms with Crippen molar-refractivity contribution >= 4 is 5.91 Å². The summed E-state index contributed by atoms with van der Waals surface area (Å²) >= 11 is 0. The second-order valence-corrected chi connectivity index (χ2v) is 4.92. The van der Waals surface area contributed by atoms with Gasteiger partial charge in [-0.05, 0) is 12.8 Å². The Hall–Kier alpha value is -2.15. The molecule has 2 aromatic rings. The number of nitrogens with one attached hydrogen (secondary N) is 2. The molecule has 0 radical (unpaired) electrons. The van der Waals surface area contributed by atoms with Gasteiger partial charge in [-0.15, -0.1) is 0 Å². The first-order valence-electron chi connectivity index (χ1n) is 6.65. The number of rotatable bonds is 3. The van der Waals surface area contributed by atoms with Gasteiger partial charge < -0.3 is 10.1 Å². The van der Waals surface area contributed by atoms with E-state index in [9.17, 15) is 4.79 Å². The molecular formula is C13H17N5O2. The fourth-order valence-corrected chi connectivity index (χ4v) is 2.33.